The van der Waals surface area contributed by atoms with E-state index in [4.69, 9.17) is 21.0 Å². The molecule has 0 aliphatic heterocycles. The molecule has 2 heterocycles. The lowest BCUT2D eigenvalue weighted by Gasteiger charge is -2.29. The van der Waals surface area contributed by atoms with Crippen LogP contribution in [0.2, 0.25) is 5.02 Å². The van der Waals surface area contributed by atoms with E-state index < -0.39 is 11.5 Å². The van der Waals surface area contributed by atoms with Crippen LogP contribution in [0.5, 0.6) is 0 Å². The van der Waals surface area contributed by atoms with Gasteiger partial charge < -0.3 is 24.7 Å². The Labute approximate surface area is 241 Å². The SMILES string of the molecule is O=C(NC1(C(=O)Nc2ccc(C(=O)O)c(Cl)c2)CCCC1)c1ccc2c(c1)nc(-c1ccoc1)n2C1CCCCC1. The minimum Gasteiger partial charge on any atom is -0.478 e. The molecule has 2 saturated carbocycles. The maximum Gasteiger partial charge on any atom is 0.337 e. The highest BCUT2D eigenvalue weighted by Crippen LogP contribution is 2.37. The number of carbonyl (C=O) groups is 3. The summed E-state index contributed by atoms with van der Waals surface area (Å²) < 4.78 is 7.64. The Morgan fingerprint density at radius 1 is 1.00 bits per heavy atom. The number of hydrogen-bond acceptors (Lipinski definition) is 5. The number of nitrogens with zero attached hydrogens (tertiary/aromatic N) is 2. The second-order valence-electron chi connectivity index (χ2n) is 11.0. The molecule has 2 amide bonds. The number of furan rings is 1. The number of aromatic carboxylic acids is 1. The number of fused-ring (bicyclic) bond motifs is 1. The van der Waals surface area contributed by atoms with Gasteiger partial charge >= 0.3 is 5.97 Å². The molecule has 10 heteroatoms. The highest BCUT2D eigenvalue weighted by Gasteiger charge is 2.42. The van der Waals surface area contributed by atoms with Crippen LogP contribution in [0.3, 0.4) is 0 Å². The largest absolute Gasteiger partial charge is 0.478 e. The van der Waals surface area contributed by atoms with Gasteiger partial charge in [-0.1, -0.05) is 43.7 Å². The molecule has 2 aromatic carbocycles. The van der Waals surface area contributed by atoms with Crippen molar-refractivity contribution in [1.82, 2.24) is 14.9 Å². The van der Waals surface area contributed by atoms with Gasteiger partial charge in [-0.25, -0.2) is 9.78 Å². The van der Waals surface area contributed by atoms with E-state index in [0.717, 1.165) is 48.1 Å². The van der Waals surface area contributed by atoms with E-state index in [1.54, 1.807) is 24.7 Å². The molecule has 2 aliphatic rings. The predicted octanol–water partition coefficient (Wildman–Crippen LogP) is 6.83. The Hall–Kier alpha value is -4.11. The van der Waals surface area contributed by atoms with Crippen LogP contribution in [-0.4, -0.2) is 38.0 Å². The van der Waals surface area contributed by atoms with Crippen molar-refractivity contribution in [2.75, 3.05) is 5.32 Å². The number of aromatic nitrogens is 2. The standard InChI is InChI=1S/C31H31ClN4O5/c32-24-17-21(9-10-23(24)29(38)39)33-30(40)31(13-4-5-14-31)35-28(37)19-8-11-26-25(16-19)34-27(20-12-15-41-18-20)36(26)22-6-2-1-3-7-22/h8-12,15-18,22H,1-7,13-14H2,(H,33,40)(H,35,37)(H,38,39). The molecule has 212 valence electrons. The van der Waals surface area contributed by atoms with Crippen molar-refractivity contribution in [3.8, 4) is 11.4 Å². The number of carboxylic acid groups (broad SMARTS) is 1. The third-order valence-corrected chi connectivity index (χ3v) is 8.69. The molecule has 0 radical (unpaired) electrons. The molecular formula is C31H31ClN4O5. The van der Waals surface area contributed by atoms with Gasteiger partial charge in [0.2, 0.25) is 5.91 Å². The Morgan fingerprint density at radius 3 is 2.46 bits per heavy atom. The topological polar surface area (TPSA) is 126 Å². The smallest absolute Gasteiger partial charge is 0.337 e. The van der Waals surface area contributed by atoms with Crippen molar-refractivity contribution in [3.63, 3.8) is 0 Å². The number of benzene rings is 2. The number of carbonyl (C=O) groups excluding carboxylic acids is 2. The first-order chi connectivity index (χ1) is 19.8. The van der Waals surface area contributed by atoms with Crippen molar-refractivity contribution in [1.29, 1.82) is 0 Å². The Bertz CT molecular complexity index is 1610. The summed E-state index contributed by atoms with van der Waals surface area (Å²) >= 11 is 6.09. The molecule has 2 aromatic heterocycles. The predicted molar refractivity (Wildman–Crippen MR) is 155 cm³/mol. The average Bonchev–Trinajstić information content (AvgIpc) is 3.73. The van der Waals surface area contributed by atoms with Crippen LogP contribution in [0.15, 0.2) is 59.4 Å². The highest BCUT2D eigenvalue weighted by atomic mass is 35.5. The van der Waals surface area contributed by atoms with Crippen molar-refractivity contribution in [2.45, 2.75) is 69.4 Å². The van der Waals surface area contributed by atoms with Crippen LogP contribution >= 0.6 is 11.6 Å². The van der Waals surface area contributed by atoms with Gasteiger partial charge in [0.05, 0.1) is 33.4 Å². The first-order valence-electron chi connectivity index (χ1n) is 14.1. The number of amides is 2. The molecule has 4 aromatic rings. The van der Waals surface area contributed by atoms with Gasteiger partial charge in [0.25, 0.3) is 5.91 Å². The zero-order valence-corrected chi connectivity index (χ0v) is 23.2. The number of anilines is 1. The van der Waals surface area contributed by atoms with Crippen LogP contribution in [-0.2, 0) is 4.79 Å². The molecule has 9 nitrogen and oxygen atoms in total. The zero-order chi connectivity index (χ0) is 28.6. The minimum atomic E-state index is -1.15. The maximum atomic E-state index is 13.6. The fourth-order valence-corrected chi connectivity index (χ4v) is 6.50. The van der Waals surface area contributed by atoms with E-state index in [2.05, 4.69) is 15.2 Å². The third kappa shape index (κ3) is 5.22. The molecule has 2 fully saturated rings. The Morgan fingerprint density at radius 2 is 1.78 bits per heavy atom. The van der Waals surface area contributed by atoms with Gasteiger partial charge in [0.1, 0.15) is 17.6 Å². The normalized spacial score (nSPS) is 17.0. The number of rotatable bonds is 7. The summed E-state index contributed by atoms with van der Waals surface area (Å²) in [6, 6.07) is 12.0. The molecule has 0 atom stereocenters. The summed E-state index contributed by atoms with van der Waals surface area (Å²) in [4.78, 5) is 43.3. The molecule has 41 heavy (non-hydrogen) atoms. The van der Waals surface area contributed by atoms with Crippen LogP contribution in [0.25, 0.3) is 22.4 Å². The molecule has 3 N–H and O–H groups in total. The van der Waals surface area contributed by atoms with Crippen LogP contribution in [0, 0.1) is 0 Å². The van der Waals surface area contributed by atoms with Crippen molar-refractivity contribution >= 4 is 46.1 Å². The lowest BCUT2D eigenvalue weighted by molar-refractivity contribution is -0.122. The van der Waals surface area contributed by atoms with Crippen molar-refractivity contribution in [3.05, 3.63) is 71.1 Å². The summed E-state index contributed by atoms with van der Waals surface area (Å²) in [7, 11) is 0. The fourth-order valence-electron chi connectivity index (χ4n) is 6.24. The Balaban J connectivity index is 1.27. The molecule has 6 rings (SSSR count). The minimum absolute atomic E-state index is 0.0237. The second kappa shape index (κ2) is 11.0. The van der Waals surface area contributed by atoms with E-state index in [1.165, 1.54) is 37.5 Å². The lowest BCUT2D eigenvalue weighted by atomic mass is 9.94. The van der Waals surface area contributed by atoms with Crippen LogP contribution < -0.4 is 10.6 Å². The van der Waals surface area contributed by atoms with Gasteiger partial charge in [-0.2, -0.15) is 0 Å². The lowest BCUT2D eigenvalue weighted by Crippen LogP contribution is -2.55. The quantitative estimate of drug-likeness (QED) is 0.222. The van der Waals surface area contributed by atoms with Gasteiger partial charge in [-0.3, -0.25) is 9.59 Å². The molecule has 0 saturated heterocycles. The van der Waals surface area contributed by atoms with E-state index in [-0.39, 0.29) is 22.4 Å². The summed E-state index contributed by atoms with van der Waals surface area (Å²) in [5.74, 6) is -1.02. The molecule has 2 aliphatic carbocycles. The number of hydrogen-bond donors (Lipinski definition) is 3. The maximum absolute atomic E-state index is 13.6. The van der Waals surface area contributed by atoms with E-state index in [1.807, 2.05) is 12.1 Å². The summed E-state index contributed by atoms with van der Waals surface area (Å²) in [5, 5.41) is 15.1. The number of halogens is 1. The van der Waals surface area contributed by atoms with Gasteiger partial charge in [-0.05, 0) is 68.1 Å². The third-order valence-electron chi connectivity index (χ3n) is 8.37. The number of imidazole rings is 1. The van der Waals surface area contributed by atoms with Crippen molar-refractivity contribution in [2.24, 2.45) is 0 Å². The highest BCUT2D eigenvalue weighted by molar-refractivity contribution is 6.33. The molecular weight excluding hydrogens is 544 g/mol. The second-order valence-corrected chi connectivity index (χ2v) is 11.4. The van der Waals surface area contributed by atoms with E-state index in [0.29, 0.717) is 30.1 Å². The van der Waals surface area contributed by atoms with Gasteiger partial charge in [0.15, 0.2) is 0 Å². The first-order valence-corrected chi connectivity index (χ1v) is 14.4. The number of carboxylic acids is 1. The first kappa shape index (κ1) is 27.1. The fraction of sp³-hybridized carbons (Fsp3) is 0.355. The van der Waals surface area contributed by atoms with Crippen LogP contribution in [0.1, 0.15) is 84.5 Å². The van der Waals surface area contributed by atoms with Crippen molar-refractivity contribution < 1.29 is 23.9 Å². The molecule has 0 spiro atoms. The summed E-state index contributed by atoms with van der Waals surface area (Å²) in [6.07, 6.45) is 11.7. The zero-order valence-electron chi connectivity index (χ0n) is 22.5. The van der Waals surface area contributed by atoms with Crippen LogP contribution in [0.4, 0.5) is 5.69 Å². The monoisotopic (exact) mass is 574 g/mol. The molecule has 0 unspecified atom stereocenters. The van der Waals surface area contributed by atoms with Gasteiger partial charge in [-0.15, -0.1) is 0 Å². The summed E-state index contributed by atoms with van der Waals surface area (Å²) in [5.41, 5.74) is 2.25. The van der Waals surface area contributed by atoms with E-state index in [9.17, 15) is 19.5 Å². The summed E-state index contributed by atoms with van der Waals surface area (Å²) in [6.45, 7) is 0. The van der Waals surface area contributed by atoms with Gasteiger partial charge in [0, 0.05) is 17.3 Å². The molecule has 0 bridgehead atoms. The Kier molecular flexibility index (Phi) is 7.30. The van der Waals surface area contributed by atoms with E-state index >= 15 is 0 Å². The average molecular weight is 575 g/mol. The number of nitrogens with one attached hydrogen (secondary N) is 2.